The number of carbonyl (C=O) groups excluding carboxylic acids is 1. The van der Waals surface area contributed by atoms with Crippen LogP contribution in [0.3, 0.4) is 0 Å². The van der Waals surface area contributed by atoms with Crippen molar-refractivity contribution in [1.29, 1.82) is 0 Å². The van der Waals surface area contributed by atoms with E-state index in [1.807, 2.05) is 0 Å². The number of thiol groups is 2. The molecule has 0 aliphatic heterocycles. The number of rotatable bonds is 9. The molecule has 0 rings (SSSR count). The van der Waals surface area contributed by atoms with E-state index in [-0.39, 0.29) is 5.91 Å². The summed E-state index contributed by atoms with van der Waals surface area (Å²) in [7, 11) is 0. The topological polar surface area (TPSA) is 66.4 Å². The van der Waals surface area contributed by atoms with Gasteiger partial charge in [0.1, 0.15) is 6.04 Å². The predicted molar refractivity (Wildman–Crippen MR) is 75.0 cm³/mol. The molecule has 0 heterocycles. The van der Waals surface area contributed by atoms with Crippen LogP contribution in [0.2, 0.25) is 0 Å². The van der Waals surface area contributed by atoms with E-state index < -0.39 is 12.0 Å². The maximum atomic E-state index is 11.3. The van der Waals surface area contributed by atoms with Gasteiger partial charge in [-0.15, -0.1) is 0 Å². The minimum atomic E-state index is -1.01. The van der Waals surface area contributed by atoms with Crippen LogP contribution in [0.5, 0.6) is 0 Å². The molecule has 0 bridgehead atoms. The zero-order chi connectivity index (χ0) is 13.3. The van der Waals surface area contributed by atoms with Crippen LogP contribution in [0, 0.1) is 0 Å². The number of aliphatic carboxylic acids is 1. The zero-order valence-electron chi connectivity index (χ0n) is 10.1. The Morgan fingerprint density at radius 1 is 1.29 bits per heavy atom. The molecule has 0 aliphatic rings. The molecule has 0 spiro atoms. The number of amides is 1. The maximum absolute atomic E-state index is 11.3. The summed E-state index contributed by atoms with van der Waals surface area (Å²) in [6, 6.07) is -0.815. The Kier molecular flexibility index (Phi) is 9.44. The smallest absolute Gasteiger partial charge is 0.325 e. The Morgan fingerprint density at radius 3 is 2.47 bits per heavy atom. The quantitative estimate of drug-likeness (QED) is 0.384. The third-order valence-electron chi connectivity index (χ3n) is 2.40. The molecule has 0 aliphatic carbocycles. The number of hydrogen-bond acceptors (Lipinski definition) is 4. The molecule has 0 saturated carbocycles. The molecule has 100 valence electrons. The highest BCUT2D eigenvalue weighted by Gasteiger charge is 2.13. The van der Waals surface area contributed by atoms with Crippen molar-refractivity contribution in [3.63, 3.8) is 0 Å². The van der Waals surface area contributed by atoms with E-state index in [0.29, 0.717) is 11.7 Å². The van der Waals surface area contributed by atoms with E-state index in [1.54, 1.807) is 0 Å². The second-order valence-electron chi connectivity index (χ2n) is 4.04. The first-order chi connectivity index (χ1) is 7.97. The largest absolute Gasteiger partial charge is 0.480 e. The third kappa shape index (κ3) is 9.35. The molecule has 0 radical (unpaired) electrons. The van der Waals surface area contributed by atoms with Gasteiger partial charge in [0.05, 0.1) is 0 Å². The lowest BCUT2D eigenvalue weighted by Crippen LogP contribution is -2.38. The van der Waals surface area contributed by atoms with Gasteiger partial charge in [0.25, 0.3) is 0 Å². The molecule has 0 aromatic rings. The molecule has 2 atom stereocenters. The lowest BCUT2D eigenvalue weighted by atomic mass is 10.1. The van der Waals surface area contributed by atoms with Gasteiger partial charge in [-0.2, -0.15) is 25.3 Å². The number of carbonyl (C=O) groups is 2. The molecule has 1 amide bonds. The Balaban J connectivity index is 3.55. The normalized spacial score (nSPS) is 14.1. The molecular formula is C11H21NO3S2. The van der Waals surface area contributed by atoms with Gasteiger partial charge in [-0.3, -0.25) is 9.59 Å². The van der Waals surface area contributed by atoms with Gasteiger partial charge in [-0.25, -0.2) is 0 Å². The third-order valence-corrected chi connectivity index (χ3v) is 3.18. The summed E-state index contributed by atoms with van der Waals surface area (Å²) < 4.78 is 0. The minimum Gasteiger partial charge on any atom is -0.480 e. The highest BCUT2D eigenvalue weighted by molar-refractivity contribution is 7.81. The van der Waals surface area contributed by atoms with E-state index >= 15 is 0 Å². The second-order valence-corrected chi connectivity index (χ2v) is 5.22. The number of carboxylic acids is 1. The van der Waals surface area contributed by atoms with Crippen LogP contribution in [-0.2, 0) is 9.59 Å². The molecule has 0 aromatic carbocycles. The van der Waals surface area contributed by atoms with Crippen molar-refractivity contribution < 1.29 is 14.7 Å². The van der Waals surface area contributed by atoms with Crippen molar-refractivity contribution in [3.8, 4) is 0 Å². The molecule has 17 heavy (non-hydrogen) atoms. The summed E-state index contributed by atoms with van der Waals surface area (Å²) in [4.78, 5) is 21.8. The van der Waals surface area contributed by atoms with Crippen LogP contribution in [0.1, 0.15) is 39.0 Å². The first-order valence-electron chi connectivity index (χ1n) is 5.78. The van der Waals surface area contributed by atoms with Crippen molar-refractivity contribution in [2.24, 2.45) is 0 Å². The van der Waals surface area contributed by atoms with E-state index in [9.17, 15) is 9.59 Å². The van der Waals surface area contributed by atoms with Crippen LogP contribution in [0.15, 0.2) is 0 Å². The Hall–Kier alpha value is -0.360. The van der Waals surface area contributed by atoms with Gasteiger partial charge in [-0.1, -0.05) is 6.42 Å². The number of carboxylic acid groups (broad SMARTS) is 1. The van der Waals surface area contributed by atoms with Crippen LogP contribution >= 0.6 is 25.3 Å². The van der Waals surface area contributed by atoms with Crippen LogP contribution < -0.4 is 5.32 Å². The summed E-state index contributed by atoms with van der Waals surface area (Å²) in [6.07, 6.45) is 4.00. The molecule has 6 heteroatoms. The van der Waals surface area contributed by atoms with Gasteiger partial charge in [0, 0.05) is 11.7 Å². The van der Waals surface area contributed by atoms with Crippen LogP contribution in [-0.4, -0.2) is 34.0 Å². The molecule has 4 nitrogen and oxygen atoms in total. The molecule has 1 unspecified atom stereocenters. The second kappa shape index (κ2) is 9.65. The highest BCUT2D eigenvalue weighted by Crippen LogP contribution is 2.12. The van der Waals surface area contributed by atoms with Crippen LogP contribution in [0.25, 0.3) is 0 Å². The van der Waals surface area contributed by atoms with E-state index in [4.69, 9.17) is 5.11 Å². The first kappa shape index (κ1) is 16.6. The standard InChI is InChI=1S/C11H21NO3S2/c1-8(11(14)15)12-10(13)5-3-2-4-9(17)6-7-16/h8-9,16-17H,2-7H2,1H3,(H,12,13)(H,14,15)/t8-,9?/m0/s1. The van der Waals surface area contributed by atoms with Gasteiger partial charge < -0.3 is 10.4 Å². The van der Waals surface area contributed by atoms with Crippen molar-refractivity contribution >= 4 is 37.1 Å². The summed E-state index contributed by atoms with van der Waals surface area (Å²) >= 11 is 8.52. The maximum Gasteiger partial charge on any atom is 0.325 e. The Labute approximate surface area is 113 Å². The molecule has 0 fully saturated rings. The zero-order valence-corrected chi connectivity index (χ0v) is 11.8. The van der Waals surface area contributed by atoms with Crippen molar-refractivity contribution in [2.45, 2.75) is 50.3 Å². The highest BCUT2D eigenvalue weighted by atomic mass is 32.1. The Morgan fingerprint density at radius 2 is 1.94 bits per heavy atom. The van der Waals surface area contributed by atoms with Gasteiger partial charge >= 0.3 is 5.97 Å². The predicted octanol–water partition coefficient (Wildman–Crippen LogP) is 1.75. The van der Waals surface area contributed by atoms with Gasteiger partial charge in [-0.05, 0) is 31.9 Å². The lowest BCUT2D eigenvalue weighted by molar-refractivity contribution is -0.141. The summed E-state index contributed by atoms with van der Waals surface area (Å²) in [5.74, 6) is -0.391. The molecular weight excluding hydrogens is 258 g/mol. The first-order valence-corrected chi connectivity index (χ1v) is 6.93. The molecule has 0 saturated heterocycles. The van der Waals surface area contributed by atoms with E-state index in [2.05, 4.69) is 30.6 Å². The average molecular weight is 279 g/mol. The lowest BCUT2D eigenvalue weighted by Gasteiger charge is -2.10. The Bertz CT molecular complexity index is 249. The van der Waals surface area contributed by atoms with Gasteiger partial charge in [0.15, 0.2) is 0 Å². The van der Waals surface area contributed by atoms with E-state index in [0.717, 1.165) is 31.4 Å². The number of nitrogens with one attached hydrogen (secondary N) is 1. The minimum absolute atomic E-state index is 0.204. The van der Waals surface area contributed by atoms with Crippen molar-refractivity contribution in [2.75, 3.05) is 5.75 Å². The fourth-order valence-corrected chi connectivity index (χ4v) is 2.16. The van der Waals surface area contributed by atoms with Gasteiger partial charge in [0.2, 0.25) is 5.91 Å². The summed E-state index contributed by atoms with van der Waals surface area (Å²) in [5.41, 5.74) is 0. The van der Waals surface area contributed by atoms with Crippen molar-refractivity contribution in [1.82, 2.24) is 5.32 Å². The SMILES string of the molecule is C[C@H](NC(=O)CCCCC(S)CCS)C(=O)O. The number of unbranched alkanes of at least 4 members (excludes halogenated alkanes) is 1. The fraction of sp³-hybridized carbons (Fsp3) is 0.818. The van der Waals surface area contributed by atoms with Crippen LogP contribution in [0.4, 0.5) is 0 Å². The van der Waals surface area contributed by atoms with Crippen molar-refractivity contribution in [3.05, 3.63) is 0 Å². The fourth-order valence-electron chi connectivity index (χ4n) is 1.33. The van der Waals surface area contributed by atoms with E-state index in [1.165, 1.54) is 6.92 Å². The molecule has 2 N–H and O–H groups in total. The number of hydrogen-bond donors (Lipinski definition) is 4. The summed E-state index contributed by atoms with van der Waals surface area (Å²) in [5, 5.41) is 11.4. The molecule has 0 aromatic heterocycles. The average Bonchev–Trinajstić information content (AvgIpc) is 2.24. The monoisotopic (exact) mass is 279 g/mol. The summed E-state index contributed by atoms with van der Waals surface area (Å²) in [6.45, 7) is 1.46.